The summed E-state index contributed by atoms with van der Waals surface area (Å²) >= 11 is 6.42. The number of hydrogen-bond acceptors (Lipinski definition) is 5. The van der Waals surface area contributed by atoms with Crippen molar-refractivity contribution < 1.29 is 24.2 Å². The summed E-state index contributed by atoms with van der Waals surface area (Å²) in [6.07, 6.45) is 1.33. The number of rotatable bonds is 8. The lowest BCUT2D eigenvalue weighted by Gasteiger charge is -2.14. The third kappa shape index (κ3) is 5.94. The number of anilines is 1. The number of amides is 1. The van der Waals surface area contributed by atoms with Crippen molar-refractivity contribution in [1.82, 2.24) is 0 Å². The number of hydrogen-bond donors (Lipinski definition) is 2. The number of methoxy groups -OCH3 is 1. The number of nitrogens with zero attached hydrogens (tertiary/aromatic N) is 1. The van der Waals surface area contributed by atoms with Gasteiger partial charge in [-0.3, -0.25) is 4.79 Å². The Morgan fingerprint density at radius 1 is 1.15 bits per heavy atom. The zero-order chi connectivity index (χ0) is 24.7. The molecule has 1 amide bonds. The molecule has 0 fully saturated rings. The Labute approximate surface area is 201 Å². The molecule has 172 valence electrons. The van der Waals surface area contributed by atoms with Crippen LogP contribution >= 0.6 is 11.6 Å². The third-order valence-electron chi connectivity index (χ3n) is 4.80. The second-order valence-electron chi connectivity index (χ2n) is 7.29. The fraction of sp³-hybridized carbons (Fsp3) is 0.115. The van der Waals surface area contributed by atoms with Crippen LogP contribution in [0.25, 0.3) is 6.08 Å². The summed E-state index contributed by atoms with van der Waals surface area (Å²) in [6, 6.07) is 18.7. The molecular formula is C26H21ClN2O5. The summed E-state index contributed by atoms with van der Waals surface area (Å²) < 4.78 is 11.3. The average Bonchev–Trinajstić information content (AvgIpc) is 2.81. The minimum Gasteiger partial charge on any atom is -0.493 e. The quantitative estimate of drug-likeness (QED) is 0.329. The highest BCUT2D eigenvalue weighted by Gasteiger charge is 2.17. The second-order valence-corrected chi connectivity index (χ2v) is 7.69. The van der Waals surface area contributed by atoms with Crippen molar-refractivity contribution in [2.45, 2.75) is 13.5 Å². The van der Waals surface area contributed by atoms with Gasteiger partial charge in [-0.25, -0.2) is 4.79 Å². The van der Waals surface area contributed by atoms with Gasteiger partial charge in [0, 0.05) is 0 Å². The van der Waals surface area contributed by atoms with Gasteiger partial charge in [0.05, 0.1) is 23.4 Å². The van der Waals surface area contributed by atoms with Crippen molar-refractivity contribution in [3.63, 3.8) is 0 Å². The molecule has 8 heteroatoms. The fourth-order valence-corrected chi connectivity index (χ4v) is 3.48. The molecule has 0 atom stereocenters. The molecule has 0 aliphatic carbocycles. The maximum absolute atomic E-state index is 12.6. The Kier molecular flexibility index (Phi) is 7.91. The van der Waals surface area contributed by atoms with Crippen molar-refractivity contribution in [1.29, 1.82) is 5.26 Å². The normalized spacial score (nSPS) is 10.8. The van der Waals surface area contributed by atoms with E-state index in [2.05, 4.69) is 5.32 Å². The van der Waals surface area contributed by atoms with Crippen LogP contribution in [-0.2, 0) is 11.4 Å². The Morgan fingerprint density at radius 2 is 1.91 bits per heavy atom. The first-order chi connectivity index (χ1) is 16.3. The van der Waals surface area contributed by atoms with E-state index >= 15 is 0 Å². The molecule has 3 rings (SSSR count). The van der Waals surface area contributed by atoms with Gasteiger partial charge in [0.25, 0.3) is 5.91 Å². The third-order valence-corrected chi connectivity index (χ3v) is 5.08. The number of carbonyl (C=O) groups is 2. The molecule has 0 aliphatic rings. The predicted octanol–water partition coefficient (Wildman–Crippen LogP) is 5.48. The molecule has 34 heavy (non-hydrogen) atoms. The van der Waals surface area contributed by atoms with Gasteiger partial charge in [-0.2, -0.15) is 5.26 Å². The van der Waals surface area contributed by atoms with Gasteiger partial charge in [0.1, 0.15) is 18.2 Å². The van der Waals surface area contributed by atoms with E-state index in [1.165, 1.54) is 31.4 Å². The Bertz CT molecular complexity index is 1310. The molecule has 0 heterocycles. The van der Waals surface area contributed by atoms with E-state index in [0.29, 0.717) is 17.1 Å². The van der Waals surface area contributed by atoms with E-state index in [9.17, 15) is 20.0 Å². The van der Waals surface area contributed by atoms with E-state index in [1.807, 2.05) is 37.3 Å². The molecule has 3 aromatic rings. The number of carboxylic acids is 1. The molecule has 0 aromatic heterocycles. The number of halogens is 1. The second kappa shape index (κ2) is 11.0. The van der Waals surface area contributed by atoms with Gasteiger partial charge in [0.15, 0.2) is 11.5 Å². The smallest absolute Gasteiger partial charge is 0.337 e. The van der Waals surface area contributed by atoms with Gasteiger partial charge in [-0.15, -0.1) is 0 Å². The minimum atomic E-state index is -1.20. The fourth-order valence-electron chi connectivity index (χ4n) is 3.20. The van der Waals surface area contributed by atoms with E-state index in [-0.39, 0.29) is 28.5 Å². The molecule has 0 bridgehead atoms. The van der Waals surface area contributed by atoms with E-state index in [4.69, 9.17) is 21.1 Å². The number of ether oxygens (including phenoxy) is 2. The van der Waals surface area contributed by atoms with Gasteiger partial charge >= 0.3 is 5.97 Å². The van der Waals surface area contributed by atoms with Crippen molar-refractivity contribution in [3.05, 3.63) is 93.5 Å². The molecule has 0 radical (unpaired) electrons. The molecule has 7 nitrogen and oxygen atoms in total. The predicted molar refractivity (Wildman–Crippen MR) is 129 cm³/mol. The Balaban J connectivity index is 1.84. The van der Waals surface area contributed by atoms with Gasteiger partial charge < -0.3 is 19.9 Å². The van der Waals surface area contributed by atoms with Crippen molar-refractivity contribution >= 4 is 35.2 Å². The molecule has 0 spiro atoms. The molecule has 0 saturated heterocycles. The molecule has 0 saturated carbocycles. The lowest BCUT2D eigenvalue weighted by molar-refractivity contribution is -0.112. The van der Waals surface area contributed by atoms with Gasteiger partial charge in [0.2, 0.25) is 0 Å². The number of benzene rings is 3. The largest absolute Gasteiger partial charge is 0.493 e. The Morgan fingerprint density at radius 3 is 2.59 bits per heavy atom. The van der Waals surface area contributed by atoms with Crippen LogP contribution in [0.1, 0.15) is 27.0 Å². The molecule has 3 aromatic carbocycles. The number of carbonyl (C=O) groups excluding carboxylic acids is 1. The molecule has 0 aliphatic heterocycles. The minimum absolute atomic E-state index is 0.0802. The Hall–Kier alpha value is -4.28. The average molecular weight is 477 g/mol. The summed E-state index contributed by atoms with van der Waals surface area (Å²) in [5.74, 6) is -1.29. The van der Waals surface area contributed by atoms with Crippen LogP contribution in [0, 0.1) is 18.3 Å². The van der Waals surface area contributed by atoms with Crippen LogP contribution in [-0.4, -0.2) is 24.1 Å². The van der Waals surface area contributed by atoms with Gasteiger partial charge in [-0.1, -0.05) is 53.6 Å². The first-order valence-corrected chi connectivity index (χ1v) is 10.5. The number of para-hydroxylation sites is 1. The number of nitriles is 1. The van der Waals surface area contributed by atoms with Crippen molar-refractivity contribution in [3.8, 4) is 17.6 Å². The summed E-state index contributed by atoms with van der Waals surface area (Å²) in [6.45, 7) is 2.27. The SMILES string of the molecule is COc1cc(/C=C(\C#N)C(=O)Nc2ccccc2C(=O)O)cc(Cl)c1OCc1cccc(C)c1. The number of aromatic carboxylic acids is 1. The molecule has 2 N–H and O–H groups in total. The maximum atomic E-state index is 12.6. The zero-order valence-electron chi connectivity index (χ0n) is 18.5. The van der Waals surface area contributed by atoms with Crippen LogP contribution in [0.5, 0.6) is 11.5 Å². The maximum Gasteiger partial charge on any atom is 0.337 e. The highest BCUT2D eigenvalue weighted by molar-refractivity contribution is 6.32. The standard InChI is InChI=1S/C26H21ClN2O5/c1-16-6-5-7-17(10-16)15-34-24-21(27)12-18(13-23(24)33-2)11-19(14-28)25(30)29-22-9-4-3-8-20(22)26(31)32/h3-13H,15H2,1-2H3,(H,29,30)(H,31,32)/b19-11+. The van der Waals surface area contributed by atoms with Crippen molar-refractivity contribution in [2.75, 3.05) is 12.4 Å². The number of aryl methyl sites for hydroxylation is 1. The first kappa shape index (κ1) is 24.4. The van der Waals surface area contributed by atoms with Crippen molar-refractivity contribution in [2.24, 2.45) is 0 Å². The summed E-state index contributed by atoms with van der Waals surface area (Å²) in [5, 5.41) is 21.5. The van der Waals surface area contributed by atoms with Crippen LogP contribution in [0.15, 0.2) is 66.2 Å². The van der Waals surface area contributed by atoms with E-state index < -0.39 is 11.9 Å². The van der Waals surface area contributed by atoms with Crippen LogP contribution in [0.4, 0.5) is 5.69 Å². The zero-order valence-corrected chi connectivity index (χ0v) is 19.2. The summed E-state index contributed by atoms with van der Waals surface area (Å²) in [4.78, 5) is 24.0. The lowest BCUT2D eigenvalue weighted by Crippen LogP contribution is -2.16. The summed E-state index contributed by atoms with van der Waals surface area (Å²) in [5.41, 5.74) is 2.25. The van der Waals surface area contributed by atoms with Gasteiger partial charge in [-0.05, 0) is 48.4 Å². The molecular weight excluding hydrogens is 456 g/mol. The molecule has 0 unspecified atom stereocenters. The first-order valence-electron chi connectivity index (χ1n) is 10.1. The van der Waals surface area contributed by atoms with Crippen LogP contribution in [0.3, 0.4) is 0 Å². The topological polar surface area (TPSA) is 109 Å². The monoisotopic (exact) mass is 476 g/mol. The van der Waals surface area contributed by atoms with E-state index in [0.717, 1.165) is 11.1 Å². The lowest BCUT2D eigenvalue weighted by atomic mass is 10.1. The number of carboxylic acid groups (broad SMARTS) is 1. The summed E-state index contributed by atoms with van der Waals surface area (Å²) in [7, 11) is 1.46. The highest BCUT2D eigenvalue weighted by Crippen LogP contribution is 2.37. The van der Waals surface area contributed by atoms with Crippen LogP contribution in [0.2, 0.25) is 5.02 Å². The van der Waals surface area contributed by atoms with E-state index in [1.54, 1.807) is 18.2 Å². The highest BCUT2D eigenvalue weighted by atomic mass is 35.5. The van der Waals surface area contributed by atoms with Crippen LogP contribution < -0.4 is 14.8 Å². The number of nitrogens with one attached hydrogen (secondary N) is 1.